The number of hydrogen-bond acceptors (Lipinski definition) is 4. The van der Waals surface area contributed by atoms with Crippen molar-refractivity contribution >= 4 is 29.9 Å². The smallest absolute Gasteiger partial charge is 0.218 e. The second-order valence-corrected chi connectivity index (χ2v) is 6.54. The molecule has 1 heterocycles. The molecule has 0 atom stereocenters. The van der Waals surface area contributed by atoms with E-state index in [0.29, 0.717) is 25.6 Å². The topological polar surface area (TPSA) is 67.8 Å². The Morgan fingerprint density at radius 1 is 1.07 bits per heavy atom. The van der Waals surface area contributed by atoms with Crippen LogP contribution >= 0.6 is 24.0 Å². The molecule has 28 heavy (non-hydrogen) atoms. The number of ether oxygens (including phenoxy) is 2. The summed E-state index contributed by atoms with van der Waals surface area (Å²) < 4.78 is 11.5. The van der Waals surface area contributed by atoms with Gasteiger partial charge in [-0.1, -0.05) is 24.3 Å². The fourth-order valence-electron chi connectivity index (χ4n) is 2.69. The normalized spacial score (nSPS) is 13.4. The maximum atomic E-state index is 5.97. The van der Waals surface area contributed by atoms with E-state index >= 15 is 0 Å². The van der Waals surface area contributed by atoms with Gasteiger partial charge in [0, 0.05) is 37.5 Å². The van der Waals surface area contributed by atoms with Crippen molar-refractivity contribution in [1.82, 2.24) is 15.6 Å². The number of nitrogens with zero attached hydrogens (tertiary/aromatic N) is 2. The largest absolute Gasteiger partial charge is 0.493 e. The number of para-hydroxylation sites is 1. The van der Waals surface area contributed by atoms with Crippen molar-refractivity contribution in [2.24, 2.45) is 10.9 Å². The van der Waals surface area contributed by atoms with E-state index in [0.717, 1.165) is 35.4 Å². The van der Waals surface area contributed by atoms with Gasteiger partial charge in [-0.15, -0.1) is 24.0 Å². The minimum absolute atomic E-state index is 0. The summed E-state index contributed by atoms with van der Waals surface area (Å²) in [5, 5.41) is 6.66. The molecule has 6 nitrogen and oxygen atoms in total. The molecule has 1 aliphatic rings. The molecule has 0 spiro atoms. The maximum absolute atomic E-state index is 5.97. The van der Waals surface area contributed by atoms with E-state index in [-0.39, 0.29) is 24.0 Å². The molecule has 1 aliphatic carbocycles. The van der Waals surface area contributed by atoms with Crippen LogP contribution in [0.5, 0.6) is 11.6 Å². The summed E-state index contributed by atoms with van der Waals surface area (Å²) in [5.74, 6) is 3.05. The molecule has 152 valence electrons. The Morgan fingerprint density at radius 2 is 1.79 bits per heavy atom. The average Bonchev–Trinajstić information content (AvgIpc) is 3.53. The molecule has 0 amide bonds. The van der Waals surface area contributed by atoms with E-state index in [2.05, 4.69) is 26.7 Å². The Labute approximate surface area is 184 Å². The highest BCUT2D eigenvalue weighted by atomic mass is 127. The number of aromatic nitrogens is 1. The van der Waals surface area contributed by atoms with Crippen molar-refractivity contribution < 1.29 is 9.47 Å². The molecule has 0 saturated heterocycles. The van der Waals surface area contributed by atoms with E-state index in [1.54, 1.807) is 13.2 Å². The molecular weight excluding hydrogens is 467 g/mol. The predicted octanol–water partition coefficient (Wildman–Crippen LogP) is 3.75. The van der Waals surface area contributed by atoms with Gasteiger partial charge in [0.1, 0.15) is 5.75 Å². The van der Waals surface area contributed by atoms with Crippen molar-refractivity contribution in [3.05, 3.63) is 53.7 Å². The molecule has 1 aromatic heterocycles. The molecule has 0 aliphatic heterocycles. The van der Waals surface area contributed by atoms with Gasteiger partial charge >= 0.3 is 0 Å². The molecule has 7 heteroatoms. The van der Waals surface area contributed by atoms with Gasteiger partial charge in [0.05, 0.1) is 13.2 Å². The number of pyridine rings is 1. The molecule has 0 radical (unpaired) electrons. The predicted molar refractivity (Wildman–Crippen MR) is 123 cm³/mol. The third-order valence-corrected chi connectivity index (χ3v) is 4.39. The van der Waals surface area contributed by atoms with Crippen molar-refractivity contribution in [2.45, 2.75) is 32.9 Å². The lowest BCUT2D eigenvalue weighted by Gasteiger charge is -2.15. The number of aliphatic imine (C=N–C) groups is 1. The Hall–Kier alpha value is -2.03. The highest BCUT2D eigenvalue weighted by Gasteiger charge is 2.22. The Bertz CT molecular complexity index is 766. The molecule has 2 aromatic rings. The van der Waals surface area contributed by atoms with Crippen molar-refractivity contribution in [2.75, 3.05) is 20.3 Å². The van der Waals surface area contributed by atoms with E-state index in [1.807, 2.05) is 37.3 Å². The summed E-state index contributed by atoms with van der Waals surface area (Å²) in [6.45, 7) is 4.59. The first-order valence-corrected chi connectivity index (χ1v) is 9.52. The first kappa shape index (κ1) is 22.3. The maximum Gasteiger partial charge on any atom is 0.218 e. The molecule has 1 fully saturated rings. The van der Waals surface area contributed by atoms with E-state index < -0.39 is 0 Å². The van der Waals surface area contributed by atoms with Gasteiger partial charge in [-0.3, -0.25) is 4.99 Å². The van der Waals surface area contributed by atoms with Gasteiger partial charge in [0.15, 0.2) is 5.96 Å². The summed E-state index contributed by atoms with van der Waals surface area (Å²) in [7, 11) is 1.76. The standard InChI is InChI=1S/C21H28N4O2.HI/c1-3-26-20-18(8-6-12-23-20)14-25-21(22-2)24-13-17-7-4-5-9-19(17)27-15-16-10-11-16;/h4-9,12,16H,3,10-11,13-15H2,1-2H3,(H2,22,24,25);1H. The van der Waals surface area contributed by atoms with Crippen LogP contribution in [0, 0.1) is 5.92 Å². The van der Waals surface area contributed by atoms with Gasteiger partial charge in [-0.25, -0.2) is 4.98 Å². The SMILES string of the molecule is CCOc1ncccc1CNC(=NC)NCc1ccccc1OCC1CC1.I. The first-order chi connectivity index (χ1) is 13.3. The zero-order valence-electron chi connectivity index (χ0n) is 16.5. The van der Waals surface area contributed by atoms with Gasteiger partial charge in [-0.2, -0.15) is 0 Å². The molecule has 1 saturated carbocycles. The Balaban J connectivity index is 0.00000280. The van der Waals surface area contributed by atoms with Crippen LogP contribution in [0.15, 0.2) is 47.6 Å². The van der Waals surface area contributed by atoms with Gasteiger partial charge in [-0.05, 0) is 37.8 Å². The summed E-state index contributed by atoms with van der Waals surface area (Å²) >= 11 is 0. The minimum atomic E-state index is 0. The van der Waals surface area contributed by atoms with E-state index in [4.69, 9.17) is 9.47 Å². The zero-order valence-corrected chi connectivity index (χ0v) is 18.8. The Morgan fingerprint density at radius 3 is 2.50 bits per heavy atom. The summed E-state index contributed by atoms with van der Waals surface area (Å²) in [6, 6.07) is 12.1. The van der Waals surface area contributed by atoms with Crippen LogP contribution in [0.25, 0.3) is 0 Å². The van der Waals surface area contributed by atoms with Crippen molar-refractivity contribution in [1.29, 1.82) is 0 Å². The number of guanidine groups is 1. The molecule has 3 rings (SSSR count). The third-order valence-electron chi connectivity index (χ3n) is 4.39. The van der Waals surface area contributed by atoms with E-state index in [1.165, 1.54) is 12.8 Å². The number of nitrogens with one attached hydrogen (secondary N) is 2. The molecule has 2 N–H and O–H groups in total. The average molecular weight is 496 g/mol. The fraction of sp³-hybridized carbons (Fsp3) is 0.429. The minimum Gasteiger partial charge on any atom is -0.493 e. The second-order valence-electron chi connectivity index (χ2n) is 6.54. The van der Waals surface area contributed by atoms with Crippen LogP contribution in [-0.4, -0.2) is 31.2 Å². The number of rotatable bonds is 9. The van der Waals surface area contributed by atoms with Crippen LogP contribution in [0.4, 0.5) is 0 Å². The lowest BCUT2D eigenvalue weighted by Crippen LogP contribution is -2.36. The third kappa shape index (κ3) is 6.85. The number of halogens is 1. The van der Waals surface area contributed by atoms with Crippen LogP contribution in [0.1, 0.15) is 30.9 Å². The highest BCUT2D eigenvalue weighted by Crippen LogP contribution is 2.30. The molecule has 0 unspecified atom stereocenters. The number of hydrogen-bond donors (Lipinski definition) is 2. The van der Waals surface area contributed by atoms with Gasteiger partial charge in [0.2, 0.25) is 5.88 Å². The number of benzene rings is 1. The van der Waals surface area contributed by atoms with Crippen LogP contribution in [0.3, 0.4) is 0 Å². The molecule has 1 aromatic carbocycles. The molecule has 0 bridgehead atoms. The lowest BCUT2D eigenvalue weighted by molar-refractivity contribution is 0.296. The zero-order chi connectivity index (χ0) is 18.9. The lowest BCUT2D eigenvalue weighted by atomic mass is 10.2. The second kappa shape index (κ2) is 11.7. The Kier molecular flexibility index (Phi) is 9.33. The van der Waals surface area contributed by atoms with Crippen molar-refractivity contribution in [3.8, 4) is 11.6 Å². The highest BCUT2D eigenvalue weighted by molar-refractivity contribution is 14.0. The first-order valence-electron chi connectivity index (χ1n) is 9.52. The van der Waals surface area contributed by atoms with Gasteiger partial charge in [0.25, 0.3) is 0 Å². The van der Waals surface area contributed by atoms with Crippen LogP contribution < -0.4 is 20.1 Å². The fourth-order valence-corrected chi connectivity index (χ4v) is 2.69. The summed E-state index contributed by atoms with van der Waals surface area (Å²) in [6.07, 6.45) is 4.31. The van der Waals surface area contributed by atoms with Gasteiger partial charge < -0.3 is 20.1 Å². The van der Waals surface area contributed by atoms with Crippen LogP contribution in [0.2, 0.25) is 0 Å². The van der Waals surface area contributed by atoms with E-state index in [9.17, 15) is 0 Å². The summed E-state index contributed by atoms with van der Waals surface area (Å²) in [4.78, 5) is 8.58. The monoisotopic (exact) mass is 496 g/mol. The summed E-state index contributed by atoms with van der Waals surface area (Å²) in [5.41, 5.74) is 2.12. The van der Waals surface area contributed by atoms with Crippen LogP contribution in [-0.2, 0) is 13.1 Å². The molecular formula is C21H29IN4O2. The quantitative estimate of drug-likeness (QED) is 0.315. The van der Waals surface area contributed by atoms with Crippen molar-refractivity contribution in [3.63, 3.8) is 0 Å².